The molecule has 0 unspecified atom stereocenters. The standard InChI is InChI=1S/C18H18N6O2/c1-8-4-5-11(25)9(2)14(8)24-15(19)12(16(20)26)13-17-21-6-7-23(17)10(3)22-18(13)24/h4-7,25H,19H2,1-3H3,(H2,20,26). The van der Waals surface area contributed by atoms with Gasteiger partial charge >= 0.3 is 0 Å². The predicted molar refractivity (Wildman–Crippen MR) is 98.6 cm³/mol. The molecule has 3 aromatic heterocycles. The van der Waals surface area contributed by atoms with Crippen LogP contribution in [0.5, 0.6) is 5.75 Å². The summed E-state index contributed by atoms with van der Waals surface area (Å²) in [7, 11) is 0. The van der Waals surface area contributed by atoms with Crippen LogP contribution in [-0.4, -0.2) is 29.9 Å². The Labute approximate surface area is 148 Å². The highest BCUT2D eigenvalue weighted by Gasteiger charge is 2.26. The number of nitrogens with two attached hydrogens (primary N) is 2. The van der Waals surface area contributed by atoms with E-state index >= 15 is 0 Å². The van der Waals surface area contributed by atoms with Crippen LogP contribution in [0.25, 0.3) is 22.4 Å². The summed E-state index contributed by atoms with van der Waals surface area (Å²) in [6.07, 6.45) is 3.40. The number of phenolic OH excluding ortho intramolecular Hbond substituents is 1. The summed E-state index contributed by atoms with van der Waals surface area (Å²) in [4.78, 5) is 21.2. The Hall–Kier alpha value is -3.55. The highest BCUT2D eigenvalue weighted by molar-refractivity contribution is 6.15. The van der Waals surface area contributed by atoms with Crippen LogP contribution in [0.1, 0.15) is 27.3 Å². The smallest absolute Gasteiger partial charge is 0.253 e. The molecule has 3 heterocycles. The van der Waals surface area contributed by atoms with Gasteiger partial charge in [0.1, 0.15) is 23.0 Å². The average molecular weight is 350 g/mol. The summed E-state index contributed by atoms with van der Waals surface area (Å²) in [5.41, 5.74) is 15.4. The second kappa shape index (κ2) is 5.22. The molecule has 0 saturated carbocycles. The predicted octanol–water partition coefficient (Wildman–Crippen LogP) is 1.99. The molecule has 0 aliphatic heterocycles. The van der Waals surface area contributed by atoms with Crippen molar-refractivity contribution in [3.05, 3.63) is 47.0 Å². The average Bonchev–Trinajstić information content (AvgIpc) is 3.16. The van der Waals surface area contributed by atoms with E-state index in [0.717, 1.165) is 5.56 Å². The van der Waals surface area contributed by atoms with Gasteiger partial charge in [0.15, 0.2) is 5.65 Å². The molecule has 4 aromatic rings. The van der Waals surface area contributed by atoms with Crippen LogP contribution < -0.4 is 11.5 Å². The molecule has 0 atom stereocenters. The number of fused-ring (bicyclic) bond motifs is 3. The lowest BCUT2D eigenvalue weighted by Gasteiger charge is -2.15. The first-order valence-electron chi connectivity index (χ1n) is 8.05. The molecular formula is C18H18N6O2. The first-order chi connectivity index (χ1) is 12.3. The van der Waals surface area contributed by atoms with E-state index in [9.17, 15) is 9.90 Å². The maximum Gasteiger partial charge on any atom is 0.253 e. The van der Waals surface area contributed by atoms with Crippen molar-refractivity contribution in [2.45, 2.75) is 20.8 Å². The Morgan fingerprint density at radius 3 is 2.62 bits per heavy atom. The van der Waals surface area contributed by atoms with Crippen LogP contribution in [-0.2, 0) is 0 Å². The second-order valence-corrected chi connectivity index (χ2v) is 6.31. The van der Waals surface area contributed by atoms with E-state index < -0.39 is 5.91 Å². The Balaban J connectivity index is 2.29. The van der Waals surface area contributed by atoms with E-state index in [1.54, 1.807) is 40.4 Å². The molecule has 1 aromatic carbocycles. The van der Waals surface area contributed by atoms with Gasteiger partial charge in [-0.15, -0.1) is 0 Å². The van der Waals surface area contributed by atoms with E-state index in [1.807, 2.05) is 13.8 Å². The van der Waals surface area contributed by atoms with Crippen LogP contribution in [0, 0.1) is 20.8 Å². The summed E-state index contributed by atoms with van der Waals surface area (Å²) in [6.45, 7) is 5.53. The molecule has 0 aliphatic carbocycles. The van der Waals surface area contributed by atoms with Crippen LogP contribution in [0.3, 0.4) is 0 Å². The monoisotopic (exact) mass is 350 g/mol. The molecule has 8 heteroatoms. The van der Waals surface area contributed by atoms with Gasteiger partial charge in [-0.2, -0.15) is 0 Å². The van der Waals surface area contributed by atoms with Crippen molar-refractivity contribution in [3.63, 3.8) is 0 Å². The first-order valence-corrected chi connectivity index (χ1v) is 8.05. The molecule has 26 heavy (non-hydrogen) atoms. The number of imidazole rings is 1. The van der Waals surface area contributed by atoms with Crippen molar-refractivity contribution >= 4 is 28.4 Å². The van der Waals surface area contributed by atoms with Gasteiger partial charge < -0.3 is 16.6 Å². The normalized spacial score (nSPS) is 11.5. The van der Waals surface area contributed by atoms with Crippen molar-refractivity contribution < 1.29 is 9.90 Å². The number of hydrogen-bond donors (Lipinski definition) is 3. The molecule has 4 rings (SSSR count). The van der Waals surface area contributed by atoms with Gasteiger partial charge in [0.05, 0.1) is 16.6 Å². The van der Waals surface area contributed by atoms with E-state index in [1.165, 1.54) is 0 Å². The number of aromatic hydroxyl groups is 1. The summed E-state index contributed by atoms with van der Waals surface area (Å²) in [6, 6.07) is 3.41. The van der Waals surface area contributed by atoms with Gasteiger partial charge in [-0.25, -0.2) is 9.97 Å². The van der Waals surface area contributed by atoms with Crippen molar-refractivity contribution in [2.24, 2.45) is 5.73 Å². The summed E-state index contributed by atoms with van der Waals surface area (Å²) in [5.74, 6) is 0.339. The Kier molecular flexibility index (Phi) is 3.20. The Morgan fingerprint density at radius 1 is 1.19 bits per heavy atom. The van der Waals surface area contributed by atoms with E-state index in [2.05, 4.69) is 9.97 Å². The lowest BCUT2D eigenvalue weighted by Crippen LogP contribution is -2.14. The molecule has 0 bridgehead atoms. The van der Waals surface area contributed by atoms with E-state index in [4.69, 9.17) is 11.5 Å². The number of nitrogens with zero attached hydrogens (tertiary/aromatic N) is 4. The van der Waals surface area contributed by atoms with Gasteiger partial charge in [0.2, 0.25) is 0 Å². The highest BCUT2D eigenvalue weighted by Crippen LogP contribution is 2.36. The number of amides is 1. The highest BCUT2D eigenvalue weighted by atomic mass is 16.3. The third kappa shape index (κ3) is 1.92. The van der Waals surface area contributed by atoms with Crippen LogP contribution in [0.4, 0.5) is 5.82 Å². The molecule has 1 amide bonds. The number of anilines is 1. The number of aryl methyl sites for hydroxylation is 2. The largest absolute Gasteiger partial charge is 0.508 e. The minimum Gasteiger partial charge on any atom is -0.508 e. The molecule has 0 saturated heterocycles. The third-order valence-electron chi connectivity index (χ3n) is 4.74. The fraction of sp³-hybridized carbons (Fsp3) is 0.167. The summed E-state index contributed by atoms with van der Waals surface area (Å²) in [5, 5.41) is 10.7. The van der Waals surface area contributed by atoms with Crippen LogP contribution >= 0.6 is 0 Å². The van der Waals surface area contributed by atoms with Crippen LogP contribution in [0.2, 0.25) is 0 Å². The van der Waals surface area contributed by atoms with Gasteiger partial charge in [-0.1, -0.05) is 6.07 Å². The zero-order chi connectivity index (χ0) is 18.7. The zero-order valence-corrected chi connectivity index (χ0v) is 14.6. The topological polar surface area (TPSA) is 124 Å². The van der Waals surface area contributed by atoms with Crippen molar-refractivity contribution in [2.75, 3.05) is 5.73 Å². The molecule has 0 aliphatic rings. The maximum atomic E-state index is 12.2. The van der Waals surface area contributed by atoms with Gasteiger partial charge in [0.25, 0.3) is 5.91 Å². The number of aromatic nitrogens is 4. The molecular weight excluding hydrogens is 332 g/mol. The fourth-order valence-corrected chi connectivity index (χ4v) is 3.50. The number of primary amides is 1. The number of carbonyl (C=O) groups is 1. The molecule has 8 nitrogen and oxygen atoms in total. The fourth-order valence-electron chi connectivity index (χ4n) is 3.50. The van der Waals surface area contributed by atoms with Crippen molar-refractivity contribution in [3.8, 4) is 11.4 Å². The minimum atomic E-state index is -0.655. The molecule has 132 valence electrons. The third-order valence-corrected chi connectivity index (χ3v) is 4.74. The maximum absolute atomic E-state index is 12.2. The molecule has 0 spiro atoms. The van der Waals surface area contributed by atoms with Gasteiger partial charge in [-0.3, -0.25) is 13.8 Å². The Morgan fingerprint density at radius 2 is 1.92 bits per heavy atom. The number of carbonyl (C=O) groups excluding carboxylic acids is 1. The van der Waals surface area contributed by atoms with Gasteiger partial charge in [0, 0.05) is 18.0 Å². The number of phenols is 1. The number of rotatable bonds is 2. The molecule has 0 fully saturated rings. The van der Waals surface area contributed by atoms with E-state index in [0.29, 0.717) is 33.8 Å². The quantitative estimate of drug-likeness (QED) is 0.510. The lowest BCUT2D eigenvalue weighted by molar-refractivity contribution is 0.100. The van der Waals surface area contributed by atoms with Crippen molar-refractivity contribution in [1.82, 2.24) is 18.9 Å². The SMILES string of the molecule is Cc1ccc(O)c(C)c1-n1c(N)c(C(N)=O)c2c1nc(C)n1ccnc21. The van der Waals surface area contributed by atoms with E-state index in [-0.39, 0.29) is 17.1 Å². The van der Waals surface area contributed by atoms with Crippen molar-refractivity contribution in [1.29, 1.82) is 0 Å². The number of benzene rings is 1. The number of nitrogen functional groups attached to an aromatic ring is 1. The summed E-state index contributed by atoms with van der Waals surface area (Å²) < 4.78 is 3.45. The Bertz CT molecular complexity index is 1220. The minimum absolute atomic E-state index is 0.131. The summed E-state index contributed by atoms with van der Waals surface area (Å²) >= 11 is 0. The second-order valence-electron chi connectivity index (χ2n) is 6.31. The van der Waals surface area contributed by atoms with Crippen LogP contribution in [0.15, 0.2) is 24.5 Å². The zero-order valence-electron chi connectivity index (χ0n) is 14.6. The first kappa shape index (κ1) is 15.9. The number of hydrogen-bond acceptors (Lipinski definition) is 5. The molecule has 0 radical (unpaired) electrons. The lowest BCUT2D eigenvalue weighted by atomic mass is 10.1. The van der Waals surface area contributed by atoms with Gasteiger partial charge in [-0.05, 0) is 32.4 Å². The molecule has 5 N–H and O–H groups in total.